The molecule has 0 aliphatic rings. The van der Waals surface area contributed by atoms with Crippen molar-refractivity contribution in [1.82, 2.24) is 0 Å². The lowest BCUT2D eigenvalue weighted by Gasteiger charge is -1.95. The van der Waals surface area contributed by atoms with Crippen LogP contribution in [0.25, 0.3) is 68.3 Å². The van der Waals surface area contributed by atoms with E-state index in [9.17, 15) is 0 Å². The Bertz CT molecular complexity index is 2320. The van der Waals surface area contributed by atoms with Gasteiger partial charge in [0.1, 0.15) is 0 Å². The molecule has 0 saturated carbocycles. The van der Waals surface area contributed by atoms with Gasteiger partial charge >= 0.3 is 0 Å². The summed E-state index contributed by atoms with van der Waals surface area (Å²) in [6, 6.07) is 27.8. The van der Waals surface area contributed by atoms with E-state index in [4.69, 9.17) is 0 Å². The third-order valence-electron chi connectivity index (χ3n) is 8.11. The summed E-state index contributed by atoms with van der Waals surface area (Å²) in [5.74, 6) is 0. The summed E-state index contributed by atoms with van der Waals surface area (Å²) in [5, 5.41) is 0. The van der Waals surface area contributed by atoms with Crippen LogP contribution < -0.4 is 0 Å². The molecular weight excluding hydrogens is 713 g/mol. The predicted octanol–water partition coefficient (Wildman–Crippen LogP) is 15.7. The van der Waals surface area contributed by atoms with Crippen LogP contribution in [-0.2, 0) is 0 Å². The first-order chi connectivity index (χ1) is 22.2. The second kappa shape index (κ2) is 12.2. The van der Waals surface area contributed by atoms with Gasteiger partial charge in [-0.1, -0.05) is 0 Å². The molecule has 0 unspecified atom stereocenters. The molecule has 0 radical (unpaired) electrons. The molecule has 8 aromatic rings. The molecule has 0 amide bonds. The van der Waals surface area contributed by atoms with Gasteiger partial charge in [0.05, 0.1) is 0 Å². The zero-order valence-electron chi connectivity index (χ0n) is 26.2. The van der Waals surface area contributed by atoms with Crippen molar-refractivity contribution >= 4 is 90.7 Å². The molecule has 0 atom stereocenters. The molecule has 8 heteroatoms. The molecule has 0 N–H and O–H groups in total. The van der Waals surface area contributed by atoms with Gasteiger partial charge in [0.2, 0.25) is 0 Å². The van der Waals surface area contributed by atoms with Crippen LogP contribution in [0.15, 0.2) is 72.8 Å². The van der Waals surface area contributed by atoms with Crippen LogP contribution in [0.5, 0.6) is 0 Å². The standard InChI is InChI=1S/C38H30S8/c1-19-16-33(40-24(19)6)29-9-7-25(41-29)26-8-10-30(42-26)34-17-21(3)38(45-34)35-18-22(4)37(46-35)32-14-12-28(44-32)27-11-13-31(43-27)36-20(2)15-23(5)39-36/h7-18H,1-6H3. The van der Waals surface area contributed by atoms with Gasteiger partial charge in [-0.25, -0.2) is 0 Å². The van der Waals surface area contributed by atoms with E-state index in [0.29, 0.717) is 0 Å². The normalized spacial score (nSPS) is 11.7. The van der Waals surface area contributed by atoms with Gasteiger partial charge in [-0.05, 0) is 137 Å². The van der Waals surface area contributed by atoms with Crippen molar-refractivity contribution in [3.63, 3.8) is 0 Å². The first kappa shape index (κ1) is 30.9. The van der Waals surface area contributed by atoms with Crippen LogP contribution in [0.3, 0.4) is 0 Å². The largest absolute Gasteiger partial charge is 0.139 e. The first-order valence-corrected chi connectivity index (χ1v) is 21.5. The number of hydrogen-bond donors (Lipinski definition) is 0. The zero-order valence-corrected chi connectivity index (χ0v) is 32.7. The number of aryl methyl sites for hydroxylation is 6. The fourth-order valence-corrected chi connectivity index (χ4v) is 14.9. The molecule has 0 aliphatic carbocycles. The fraction of sp³-hybridized carbons (Fsp3) is 0.158. The molecule has 8 rings (SSSR count). The Labute approximate surface area is 302 Å². The molecule has 230 valence electrons. The molecule has 0 saturated heterocycles. The van der Waals surface area contributed by atoms with Crippen LogP contribution in [0, 0.1) is 41.5 Å². The smallest absolute Gasteiger partial charge is 0.0479 e. The summed E-state index contributed by atoms with van der Waals surface area (Å²) < 4.78 is 0. The van der Waals surface area contributed by atoms with Gasteiger partial charge < -0.3 is 0 Å². The minimum absolute atomic E-state index is 1.35. The zero-order chi connectivity index (χ0) is 31.7. The Morgan fingerprint density at radius 2 is 0.630 bits per heavy atom. The molecule has 0 aliphatic heterocycles. The summed E-state index contributed by atoms with van der Waals surface area (Å²) in [5.41, 5.74) is 5.49. The summed E-state index contributed by atoms with van der Waals surface area (Å²) >= 11 is 15.3. The van der Waals surface area contributed by atoms with Crippen LogP contribution >= 0.6 is 90.7 Å². The van der Waals surface area contributed by atoms with E-state index < -0.39 is 0 Å². The van der Waals surface area contributed by atoms with Crippen molar-refractivity contribution in [2.45, 2.75) is 41.5 Å². The Hall–Kier alpha value is -2.40. The van der Waals surface area contributed by atoms with E-state index in [0.717, 1.165) is 0 Å². The van der Waals surface area contributed by atoms with Crippen LogP contribution in [0.4, 0.5) is 0 Å². The van der Waals surface area contributed by atoms with E-state index in [1.807, 2.05) is 90.7 Å². The number of thiophene rings is 8. The second-order valence-electron chi connectivity index (χ2n) is 11.6. The average Bonchev–Trinajstić information content (AvgIpc) is 3.86. The summed E-state index contributed by atoms with van der Waals surface area (Å²) in [6.45, 7) is 13.4. The highest BCUT2D eigenvalue weighted by Crippen LogP contribution is 2.49. The monoisotopic (exact) mass is 742 g/mol. The topological polar surface area (TPSA) is 0 Å². The lowest BCUT2D eigenvalue weighted by molar-refractivity contribution is 1.44. The molecule has 8 aromatic heterocycles. The minimum Gasteiger partial charge on any atom is -0.139 e. The predicted molar refractivity (Wildman–Crippen MR) is 216 cm³/mol. The maximum atomic E-state index is 2.40. The van der Waals surface area contributed by atoms with Crippen molar-refractivity contribution in [3.8, 4) is 68.3 Å². The average molecular weight is 743 g/mol. The molecule has 0 spiro atoms. The molecule has 46 heavy (non-hydrogen) atoms. The van der Waals surface area contributed by atoms with E-state index in [1.165, 1.54) is 100 Å². The highest BCUT2D eigenvalue weighted by atomic mass is 32.1. The van der Waals surface area contributed by atoms with Crippen molar-refractivity contribution in [3.05, 3.63) is 105 Å². The van der Waals surface area contributed by atoms with Crippen molar-refractivity contribution < 1.29 is 0 Å². The highest BCUT2D eigenvalue weighted by Gasteiger charge is 2.19. The fourth-order valence-electron chi connectivity index (χ4n) is 5.66. The molecule has 8 heterocycles. The molecule has 0 aromatic carbocycles. The van der Waals surface area contributed by atoms with E-state index in [1.54, 1.807) is 0 Å². The van der Waals surface area contributed by atoms with Crippen LogP contribution in [-0.4, -0.2) is 0 Å². The van der Waals surface area contributed by atoms with Crippen molar-refractivity contribution in [2.24, 2.45) is 0 Å². The van der Waals surface area contributed by atoms with E-state index in [2.05, 4.69) is 114 Å². The Balaban J connectivity index is 1.03. The third kappa shape index (κ3) is 5.71. The molecule has 0 fully saturated rings. The Kier molecular flexibility index (Phi) is 8.22. The number of rotatable bonds is 7. The molecule has 0 bridgehead atoms. The van der Waals surface area contributed by atoms with Gasteiger partial charge in [-0.3, -0.25) is 0 Å². The summed E-state index contributed by atoms with van der Waals surface area (Å²) in [7, 11) is 0. The maximum Gasteiger partial charge on any atom is 0.0479 e. The summed E-state index contributed by atoms with van der Waals surface area (Å²) in [4.78, 5) is 22.0. The molecular formula is C38H30S8. The Morgan fingerprint density at radius 1 is 0.283 bits per heavy atom. The number of hydrogen-bond acceptors (Lipinski definition) is 8. The van der Waals surface area contributed by atoms with Crippen molar-refractivity contribution in [2.75, 3.05) is 0 Å². The van der Waals surface area contributed by atoms with Gasteiger partial charge in [0.25, 0.3) is 0 Å². The summed E-state index contributed by atoms with van der Waals surface area (Å²) in [6.07, 6.45) is 0. The highest BCUT2D eigenvalue weighted by molar-refractivity contribution is 7.31. The minimum atomic E-state index is 1.35. The van der Waals surface area contributed by atoms with E-state index in [-0.39, 0.29) is 0 Å². The first-order valence-electron chi connectivity index (χ1n) is 15.0. The van der Waals surface area contributed by atoms with Gasteiger partial charge in [-0.15, -0.1) is 90.7 Å². The Morgan fingerprint density at radius 3 is 1.11 bits per heavy atom. The lowest BCUT2D eigenvalue weighted by atomic mass is 10.2. The van der Waals surface area contributed by atoms with Crippen molar-refractivity contribution in [1.29, 1.82) is 0 Å². The van der Waals surface area contributed by atoms with Gasteiger partial charge in [-0.2, -0.15) is 0 Å². The van der Waals surface area contributed by atoms with E-state index >= 15 is 0 Å². The molecule has 0 nitrogen and oxygen atoms in total. The quantitative estimate of drug-likeness (QED) is 0.153. The third-order valence-corrected chi connectivity index (χ3v) is 18.6. The lowest BCUT2D eigenvalue weighted by Crippen LogP contribution is -1.68. The van der Waals surface area contributed by atoms with Gasteiger partial charge in [0.15, 0.2) is 0 Å². The SMILES string of the molecule is Cc1cc(C)c(-c2ccc(-c3ccc(-c4sc(-c5sc(-c6ccc(-c7ccc(-c8cc(C)c(C)s8)s7)s6)cc5C)cc4C)s3)s2)s1. The van der Waals surface area contributed by atoms with Crippen LogP contribution in [0.2, 0.25) is 0 Å². The van der Waals surface area contributed by atoms with Crippen LogP contribution in [0.1, 0.15) is 32.0 Å². The van der Waals surface area contributed by atoms with Gasteiger partial charge in [0, 0.05) is 78.0 Å². The second-order valence-corrected chi connectivity index (χ2v) is 20.6. The maximum absolute atomic E-state index is 2.40.